The molecule has 1 saturated heterocycles. The quantitative estimate of drug-likeness (QED) is 0.424. The van der Waals surface area contributed by atoms with Gasteiger partial charge in [0.15, 0.2) is 0 Å². The minimum atomic E-state index is -0.820. The molecule has 0 bridgehead atoms. The van der Waals surface area contributed by atoms with Gasteiger partial charge in [0.1, 0.15) is 6.61 Å². The Kier molecular flexibility index (Phi) is 5.85. The lowest BCUT2D eigenvalue weighted by Crippen LogP contribution is -2.43. The Morgan fingerprint density at radius 1 is 1.48 bits per heavy atom. The summed E-state index contributed by atoms with van der Waals surface area (Å²) in [5.41, 5.74) is 0.583. The van der Waals surface area contributed by atoms with Crippen molar-refractivity contribution in [2.75, 3.05) is 13.1 Å². The molecule has 0 unspecified atom stereocenters. The predicted molar refractivity (Wildman–Crippen MR) is 79.7 cm³/mol. The molecule has 0 aromatic heterocycles. The molecule has 1 aromatic rings. The van der Waals surface area contributed by atoms with Crippen LogP contribution in [0.25, 0.3) is 0 Å². The summed E-state index contributed by atoms with van der Waals surface area (Å²) in [6.07, 6.45) is -1.57. The molecule has 9 heteroatoms. The zero-order valence-electron chi connectivity index (χ0n) is 12.3. The number of benzene rings is 1. The van der Waals surface area contributed by atoms with E-state index in [1.54, 1.807) is 0 Å². The monoisotopic (exact) mass is 325 g/mol. The molecule has 1 aromatic carbocycles. The first-order valence-electron chi connectivity index (χ1n) is 7.19. The highest BCUT2D eigenvalue weighted by Crippen LogP contribution is 2.13. The van der Waals surface area contributed by atoms with E-state index in [0.29, 0.717) is 18.5 Å². The van der Waals surface area contributed by atoms with Crippen LogP contribution in [0.5, 0.6) is 0 Å². The van der Waals surface area contributed by atoms with Crippen LogP contribution < -0.4 is 10.6 Å². The second-order valence-electron chi connectivity index (χ2n) is 5.35. The molecule has 2 rings (SSSR count). The highest BCUT2D eigenvalue weighted by molar-refractivity contribution is 5.67. The van der Waals surface area contributed by atoms with Gasteiger partial charge in [-0.05, 0) is 24.1 Å². The van der Waals surface area contributed by atoms with Gasteiger partial charge in [0.05, 0.1) is 17.1 Å². The number of nitro groups is 1. The summed E-state index contributed by atoms with van der Waals surface area (Å²) in [6, 6.07) is 5.41. The van der Waals surface area contributed by atoms with Crippen molar-refractivity contribution in [2.45, 2.75) is 31.3 Å². The summed E-state index contributed by atoms with van der Waals surface area (Å²) in [4.78, 5) is 21.6. The maximum absolute atomic E-state index is 11.6. The minimum absolute atomic E-state index is 0.00345. The van der Waals surface area contributed by atoms with Crippen LogP contribution >= 0.6 is 0 Å². The SMILES string of the molecule is O=C(NC[C@@H](O)[C@@H]1C[C@@H](O)CN1)OCc1ccc([N+](=O)[O-])cc1. The number of hydrogen-bond donors (Lipinski definition) is 4. The fraction of sp³-hybridized carbons (Fsp3) is 0.500. The van der Waals surface area contributed by atoms with Crippen LogP contribution in [-0.2, 0) is 11.3 Å². The highest BCUT2D eigenvalue weighted by Gasteiger charge is 2.28. The Balaban J connectivity index is 1.69. The van der Waals surface area contributed by atoms with Gasteiger partial charge in [-0.1, -0.05) is 0 Å². The molecule has 0 spiro atoms. The molecule has 4 N–H and O–H groups in total. The van der Waals surface area contributed by atoms with Gasteiger partial charge in [-0.3, -0.25) is 10.1 Å². The van der Waals surface area contributed by atoms with Crippen LogP contribution in [0.2, 0.25) is 0 Å². The Hall–Kier alpha value is -2.23. The number of nitro benzene ring substituents is 1. The lowest BCUT2D eigenvalue weighted by atomic mass is 10.1. The molecule has 1 heterocycles. The third kappa shape index (κ3) is 5.16. The van der Waals surface area contributed by atoms with Gasteiger partial charge in [-0.25, -0.2) is 4.79 Å². The van der Waals surface area contributed by atoms with Gasteiger partial charge in [0, 0.05) is 31.3 Å². The van der Waals surface area contributed by atoms with E-state index in [1.807, 2.05) is 0 Å². The second kappa shape index (κ2) is 7.86. The van der Waals surface area contributed by atoms with Crippen molar-refractivity contribution in [3.8, 4) is 0 Å². The third-order valence-electron chi connectivity index (χ3n) is 3.58. The first-order chi connectivity index (χ1) is 11.0. The predicted octanol–water partition coefficient (Wildman–Crippen LogP) is -0.0953. The lowest BCUT2D eigenvalue weighted by molar-refractivity contribution is -0.384. The standard InChI is InChI=1S/C14H19N3O6/c18-11-5-12(15-6-11)13(19)7-16-14(20)23-8-9-1-3-10(4-2-9)17(21)22/h1-4,11-13,15,18-19H,5-8H2,(H,16,20)/t11-,12+,13-/m1/s1. The molecule has 1 aliphatic heterocycles. The molecule has 1 amide bonds. The Labute approximate surface area is 132 Å². The number of hydrogen-bond acceptors (Lipinski definition) is 7. The molecule has 1 aliphatic rings. The van der Waals surface area contributed by atoms with E-state index in [9.17, 15) is 25.1 Å². The zero-order chi connectivity index (χ0) is 16.8. The molecule has 126 valence electrons. The first-order valence-corrected chi connectivity index (χ1v) is 7.19. The van der Waals surface area contributed by atoms with Crippen molar-refractivity contribution in [1.82, 2.24) is 10.6 Å². The van der Waals surface area contributed by atoms with Crippen molar-refractivity contribution in [2.24, 2.45) is 0 Å². The summed E-state index contributed by atoms with van der Waals surface area (Å²) in [5.74, 6) is 0. The highest BCUT2D eigenvalue weighted by atomic mass is 16.6. The summed E-state index contributed by atoms with van der Waals surface area (Å²) in [6.45, 7) is 0.399. The van der Waals surface area contributed by atoms with Crippen LogP contribution in [0.15, 0.2) is 24.3 Å². The Morgan fingerprint density at radius 3 is 2.74 bits per heavy atom. The van der Waals surface area contributed by atoms with E-state index >= 15 is 0 Å². The van der Waals surface area contributed by atoms with Crippen molar-refractivity contribution in [3.05, 3.63) is 39.9 Å². The van der Waals surface area contributed by atoms with E-state index in [-0.39, 0.29) is 24.9 Å². The molecule has 0 radical (unpaired) electrons. The number of β-amino-alcohol motifs (C(OH)–C–C–N with tert-alkyl or cyclic N) is 1. The van der Waals surface area contributed by atoms with Crippen molar-refractivity contribution < 1.29 is 24.7 Å². The number of alkyl carbamates (subject to hydrolysis) is 1. The fourth-order valence-electron chi connectivity index (χ4n) is 2.28. The number of aliphatic hydroxyl groups is 2. The van der Waals surface area contributed by atoms with E-state index in [1.165, 1.54) is 24.3 Å². The zero-order valence-corrected chi connectivity index (χ0v) is 12.3. The fourth-order valence-corrected chi connectivity index (χ4v) is 2.28. The van der Waals surface area contributed by atoms with E-state index < -0.39 is 23.2 Å². The van der Waals surface area contributed by atoms with Gasteiger partial charge >= 0.3 is 6.09 Å². The molecule has 3 atom stereocenters. The smallest absolute Gasteiger partial charge is 0.407 e. The summed E-state index contributed by atoms with van der Waals surface area (Å²) >= 11 is 0. The van der Waals surface area contributed by atoms with Crippen molar-refractivity contribution >= 4 is 11.8 Å². The average molecular weight is 325 g/mol. The topological polar surface area (TPSA) is 134 Å². The number of nitrogens with zero attached hydrogens (tertiary/aromatic N) is 1. The summed E-state index contributed by atoms with van der Waals surface area (Å²) in [7, 11) is 0. The maximum Gasteiger partial charge on any atom is 0.407 e. The number of aliphatic hydroxyl groups excluding tert-OH is 2. The molecule has 1 fully saturated rings. The van der Waals surface area contributed by atoms with Crippen molar-refractivity contribution in [3.63, 3.8) is 0 Å². The van der Waals surface area contributed by atoms with E-state index in [2.05, 4.69) is 10.6 Å². The van der Waals surface area contributed by atoms with E-state index in [4.69, 9.17) is 4.74 Å². The molecule has 0 saturated carbocycles. The van der Waals surface area contributed by atoms with Gasteiger partial charge in [-0.15, -0.1) is 0 Å². The molecule has 9 nitrogen and oxygen atoms in total. The van der Waals surface area contributed by atoms with Gasteiger partial charge in [0.25, 0.3) is 5.69 Å². The number of non-ortho nitro benzene ring substituents is 1. The van der Waals surface area contributed by atoms with Gasteiger partial charge in [-0.2, -0.15) is 0 Å². The Morgan fingerprint density at radius 2 is 2.17 bits per heavy atom. The minimum Gasteiger partial charge on any atom is -0.445 e. The number of carbonyl (C=O) groups excluding carboxylic acids is 1. The van der Waals surface area contributed by atoms with Gasteiger partial charge in [0.2, 0.25) is 0 Å². The second-order valence-corrected chi connectivity index (χ2v) is 5.35. The van der Waals surface area contributed by atoms with Crippen LogP contribution in [0.1, 0.15) is 12.0 Å². The number of nitrogens with one attached hydrogen (secondary N) is 2. The maximum atomic E-state index is 11.6. The number of ether oxygens (including phenoxy) is 1. The molecular formula is C14H19N3O6. The molecule has 23 heavy (non-hydrogen) atoms. The number of rotatable bonds is 6. The largest absolute Gasteiger partial charge is 0.445 e. The Bertz CT molecular complexity index is 550. The van der Waals surface area contributed by atoms with Crippen molar-refractivity contribution in [1.29, 1.82) is 0 Å². The summed E-state index contributed by atoms with van der Waals surface area (Å²) < 4.78 is 4.96. The number of carbonyl (C=O) groups is 1. The van der Waals surface area contributed by atoms with Crippen LogP contribution in [-0.4, -0.2) is 52.6 Å². The number of amides is 1. The van der Waals surface area contributed by atoms with Crippen LogP contribution in [0.4, 0.5) is 10.5 Å². The van der Waals surface area contributed by atoms with Crippen LogP contribution in [0, 0.1) is 10.1 Å². The lowest BCUT2D eigenvalue weighted by Gasteiger charge is -2.18. The van der Waals surface area contributed by atoms with E-state index in [0.717, 1.165) is 0 Å². The third-order valence-corrected chi connectivity index (χ3v) is 3.58. The van der Waals surface area contributed by atoms with Crippen LogP contribution in [0.3, 0.4) is 0 Å². The van der Waals surface area contributed by atoms with Gasteiger partial charge < -0.3 is 25.6 Å². The molecule has 0 aliphatic carbocycles. The summed E-state index contributed by atoms with van der Waals surface area (Å²) in [5, 5.41) is 35.1. The molecular weight excluding hydrogens is 306 g/mol. The average Bonchev–Trinajstić information content (AvgIpc) is 2.97. The normalized spacial score (nSPS) is 21.7. The first kappa shape index (κ1) is 17.1.